The van der Waals surface area contributed by atoms with E-state index < -0.39 is 52.7 Å². The third kappa shape index (κ3) is 4.96. The summed E-state index contributed by atoms with van der Waals surface area (Å²) in [7, 11) is 0. The minimum Gasteiger partial charge on any atom is -0.388 e. The van der Waals surface area contributed by atoms with Crippen LogP contribution in [0.3, 0.4) is 0 Å². The van der Waals surface area contributed by atoms with Crippen LogP contribution in [0, 0.1) is 11.6 Å². The number of amides is 2. The van der Waals surface area contributed by atoms with Gasteiger partial charge in [0.15, 0.2) is 5.78 Å². The first-order valence-electron chi connectivity index (χ1n) is 8.47. The summed E-state index contributed by atoms with van der Waals surface area (Å²) in [6.45, 7) is 0.0215. The molecule has 1 aromatic carbocycles. The van der Waals surface area contributed by atoms with E-state index in [4.69, 9.17) is 11.6 Å². The Morgan fingerprint density at radius 2 is 2.00 bits per heavy atom. The lowest BCUT2D eigenvalue weighted by Crippen LogP contribution is -2.35. The number of pyridine rings is 1. The minimum atomic E-state index is -4.95. The van der Waals surface area contributed by atoms with Crippen molar-refractivity contribution in [2.75, 3.05) is 6.54 Å². The Morgan fingerprint density at radius 1 is 1.27 bits per heavy atom. The predicted molar refractivity (Wildman–Crippen MR) is 94.1 cm³/mol. The van der Waals surface area contributed by atoms with Gasteiger partial charge in [0.05, 0.1) is 0 Å². The number of hydrogen-bond acceptors (Lipinski definition) is 4. The van der Waals surface area contributed by atoms with Crippen molar-refractivity contribution in [1.82, 2.24) is 15.6 Å². The molecule has 30 heavy (non-hydrogen) atoms. The molecule has 2 atom stereocenters. The van der Waals surface area contributed by atoms with Gasteiger partial charge in [-0.05, 0) is 17.2 Å². The van der Waals surface area contributed by atoms with E-state index in [-0.39, 0.29) is 24.1 Å². The summed E-state index contributed by atoms with van der Waals surface area (Å²) >= 11 is 5.63. The van der Waals surface area contributed by atoms with Crippen molar-refractivity contribution >= 4 is 23.4 Å². The lowest BCUT2D eigenvalue weighted by Gasteiger charge is -2.20. The maximum atomic E-state index is 14.6. The molecule has 1 aliphatic rings. The van der Waals surface area contributed by atoms with Crippen molar-refractivity contribution in [1.29, 1.82) is 0 Å². The van der Waals surface area contributed by atoms with E-state index >= 15 is 0 Å². The van der Waals surface area contributed by atoms with Crippen molar-refractivity contribution in [2.45, 2.75) is 24.7 Å². The highest BCUT2D eigenvalue weighted by molar-refractivity contribution is 6.31. The number of alkyl halides is 3. The molecule has 1 saturated heterocycles. The molecule has 0 bridgehead atoms. The monoisotopic (exact) mass is 449 g/mol. The number of urea groups is 1. The first-order chi connectivity index (χ1) is 14.0. The third-order valence-corrected chi connectivity index (χ3v) is 4.73. The standard InChI is InChI=1S/C18H13ClF5N3O3/c19-15-11(20)3-2-9(16(15)21)10(5-13(28)12-7-26-17(29)27-12)8-1-4-14(25-6-8)30-18(22,23)24/h1-4,6,10,12H,5,7H2,(H2,26,27,29)/t10?,12-/m0/s1. The number of aromatic nitrogens is 1. The molecule has 0 spiro atoms. The molecular formula is C18H13ClF5N3O3. The Labute approximate surface area is 171 Å². The SMILES string of the molecule is O=C1NC[C@@H](C(=O)CC(c2ccc(OC(F)(F)F)nc2)c2ccc(F)c(Cl)c2F)N1. The highest BCUT2D eigenvalue weighted by Crippen LogP contribution is 2.35. The van der Waals surface area contributed by atoms with E-state index in [9.17, 15) is 31.5 Å². The lowest BCUT2D eigenvalue weighted by molar-refractivity contribution is -0.276. The smallest absolute Gasteiger partial charge is 0.388 e. The van der Waals surface area contributed by atoms with Gasteiger partial charge in [0.25, 0.3) is 0 Å². The summed E-state index contributed by atoms with van der Waals surface area (Å²) in [6, 6.07) is 2.65. The van der Waals surface area contributed by atoms with Crippen LogP contribution in [0.4, 0.5) is 26.7 Å². The number of ether oxygens (including phenoxy) is 1. The fourth-order valence-corrected chi connectivity index (χ4v) is 3.16. The second kappa shape index (κ2) is 8.42. The van der Waals surface area contributed by atoms with Gasteiger partial charge in [0, 0.05) is 31.1 Å². The van der Waals surface area contributed by atoms with Gasteiger partial charge in [-0.2, -0.15) is 0 Å². The Bertz CT molecular complexity index is 969. The summed E-state index contributed by atoms with van der Waals surface area (Å²) in [5.74, 6) is -4.41. The molecule has 0 aliphatic carbocycles. The zero-order valence-electron chi connectivity index (χ0n) is 14.9. The molecule has 3 rings (SSSR count). The number of benzene rings is 1. The number of hydrogen-bond donors (Lipinski definition) is 2. The number of nitrogens with one attached hydrogen (secondary N) is 2. The molecule has 1 aliphatic heterocycles. The Kier molecular flexibility index (Phi) is 6.11. The van der Waals surface area contributed by atoms with Crippen molar-refractivity contribution in [3.63, 3.8) is 0 Å². The zero-order valence-corrected chi connectivity index (χ0v) is 15.7. The summed E-state index contributed by atoms with van der Waals surface area (Å²) in [5, 5.41) is 4.01. The minimum absolute atomic E-state index is 0.0215. The topological polar surface area (TPSA) is 80.3 Å². The zero-order chi connectivity index (χ0) is 22.1. The van der Waals surface area contributed by atoms with Crippen molar-refractivity contribution in [2.24, 2.45) is 0 Å². The molecule has 12 heteroatoms. The number of rotatable bonds is 6. The molecule has 1 fully saturated rings. The normalized spacial score (nSPS) is 17.3. The van der Waals surface area contributed by atoms with E-state index in [1.807, 2.05) is 0 Å². The Hall–Kier alpha value is -2.95. The molecule has 2 amide bonds. The third-order valence-electron chi connectivity index (χ3n) is 4.39. The van der Waals surface area contributed by atoms with Crippen LogP contribution < -0.4 is 15.4 Å². The molecule has 160 valence electrons. The molecule has 1 unspecified atom stereocenters. The maximum absolute atomic E-state index is 14.6. The van der Waals surface area contributed by atoms with Crippen molar-refractivity contribution in [3.8, 4) is 5.88 Å². The highest BCUT2D eigenvalue weighted by Gasteiger charge is 2.33. The van der Waals surface area contributed by atoms with E-state index in [0.717, 1.165) is 24.4 Å². The number of Topliss-reactive ketones (excluding diaryl/α,β-unsaturated/α-hetero) is 1. The van der Waals surface area contributed by atoms with E-state index in [2.05, 4.69) is 20.4 Å². The van der Waals surface area contributed by atoms with Gasteiger partial charge < -0.3 is 15.4 Å². The quantitative estimate of drug-likeness (QED) is 0.521. The van der Waals surface area contributed by atoms with Gasteiger partial charge in [0.1, 0.15) is 22.7 Å². The van der Waals surface area contributed by atoms with Crippen LogP contribution in [-0.2, 0) is 4.79 Å². The van der Waals surface area contributed by atoms with Crippen LogP contribution >= 0.6 is 11.6 Å². The molecule has 1 aromatic heterocycles. The van der Waals surface area contributed by atoms with Gasteiger partial charge in [-0.3, -0.25) is 4.79 Å². The number of carbonyl (C=O) groups is 2. The second-order valence-corrected chi connectivity index (χ2v) is 6.75. The van der Waals surface area contributed by atoms with Crippen molar-refractivity contribution in [3.05, 3.63) is 58.2 Å². The van der Waals surface area contributed by atoms with Crippen LogP contribution in [-0.4, -0.2) is 35.7 Å². The van der Waals surface area contributed by atoms with E-state index in [1.54, 1.807) is 0 Å². The maximum Gasteiger partial charge on any atom is 0.574 e. The number of halogens is 6. The highest BCUT2D eigenvalue weighted by atomic mass is 35.5. The fourth-order valence-electron chi connectivity index (χ4n) is 2.99. The molecule has 0 saturated carbocycles. The molecule has 0 radical (unpaired) electrons. The molecule has 6 nitrogen and oxygen atoms in total. The second-order valence-electron chi connectivity index (χ2n) is 6.37. The lowest BCUT2D eigenvalue weighted by atomic mass is 9.86. The molecule has 2 aromatic rings. The van der Waals surface area contributed by atoms with E-state index in [0.29, 0.717) is 0 Å². The van der Waals surface area contributed by atoms with Crippen molar-refractivity contribution < 1.29 is 36.3 Å². The van der Waals surface area contributed by atoms with Gasteiger partial charge >= 0.3 is 12.4 Å². The first-order valence-corrected chi connectivity index (χ1v) is 8.85. The average Bonchev–Trinajstić information content (AvgIpc) is 3.11. The Balaban J connectivity index is 1.94. The van der Waals surface area contributed by atoms with Gasteiger partial charge in [-0.25, -0.2) is 18.6 Å². The van der Waals surface area contributed by atoms with Crippen LogP contribution in [0.25, 0.3) is 0 Å². The number of carbonyl (C=O) groups excluding carboxylic acids is 2. The van der Waals surface area contributed by atoms with Crippen LogP contribution in [0.5, 0.6) is 5.88 Å². The fraction of sp³-hybridized carbons (Fsp3) is 0.278. The molecule has 2 heterocycles. The van der Waals surface area contributed by atoms with E-state index in [1.165, 1.54) is 6.07 Å². The average molecular weight is 450 g/mol. The van der Waals surface area contributed by atoms with Gasteiger partial charge in [0.2, 0.25) is 5.88 Å². The van der Waals surface area contributed by atoms with Crippen LogP contribution in [0.15, 0.2) is 30.5 Å². The van der Waals surface area contributed by atoms with Crippen LogP contribution in [0.2, 0.25) is 5.02 Å². The van der Waals surface area contributed by atoms with Gasteiger partial charge in [-0.15, -0.1) is 13.2 Å². The number of ketones is 1. The summed E-state index contributed by atoms with van der Waals surface area (Å²) in [4.78, 5) is 27.4. The molecular weight excluding hydrogens is 437 g/mol. The summed E-state index contributed by atoms with van der Waals surface area (Å²) in [6.07, 6.45) is -4.32. The summed E-state index contributed by atoms with van der Waals surface area (Å²) in [5.41, 5.74) is 0.00931. The Morgan fingerprint density at radius 3 is 2.57 bits per heavy atom. The van der Waals surface area contributed by atoms with Crippen LogP contribution in [0.1, 0.15) is 23.5 Å². The summed E-state index contributed by atoms with van der Waals surface area (Å²) < 4.78 is 68.9. The van der Waals surface area contributed by atoms with Gasteiger partial charge in [-0.1, -0.05) is 23.7 Å². The largest absolute Gasteiger partial charge is 0.574 e. The number of nitrogens with zero attached hydrogens (tertiary/aromatic N) is 1. The first kappa shape index (κ1) is 21.8. The predicted octanol–water partition coefficient (Wildman–Crippen LogP) is 3.68. The molecule has 2 N–H and O–H groups in total.